The molecule has 0 unspecified atom stereocenters. The molecule has 30 heavy (non-hydrogen) atoms. The summed E-state index contributed by atoms with van der Waals surface area (Å²) < 4.78 is 1.78. The quantitative estimate of drug-likeness (QED) is 0.663. The van der Waals surface area contributed by atoms with E-state index in [0.717, 1.165) is 16.7 Å². The largest absolute Gasteiger partial charge is 0.334 e. The van der Waals surface area contributed by atoms with Gasteiger partial charge in [-0.1, -0.05) is 65.7 Å². The number of nitrogens with zero attached hydrogens (tertiary/aromatic N) is 1. The summed E-state index contributed by atoms with van der Waals surface area (Å²) in [6, 6.07) is 24.0. The summed E-state index contributed by atoms with van der Waals surface area (Å²) in [4.78, 5) is 25.7. The molecular weight excluding hydrogens is 374 g/mol. The highest BCUT2D eigenvalue weighted by Gasteiger charge is 2.47. The Balaban J connectivity index is 1.69. The number of rotatable bonds is 4. The summed E-state index contributed by atoms with van der Waals surface area (Å²) in [5, 5.41) is 2.93. The van der Waals surface area contributed by atoms with Crippen LogP contribution in [0.15, 0.2) is 78.9 Å². The molecule has 2 atom stereocenters. The number of amides is 2. The maximum absolute atomic E-state index is 12.9. The molecule has 5 nitrogen and oxygen atoms in total. The first-order valence-corrected chi connectivity index (χ1v) is 9.94. The summed E-state index contributed by atoms with van der Waals surface area (Å²) in [5.41, 5.74) is 7.51. The second-order valence-corrected chi connectivity index (χ2v) is 7.60. The molecule has 1 saturated heterocycles. The highest BCUT2D eigenvalue weighted by Crippen LogP contribution is 2.25. The van der Waals surface area contributed by atoms with E-state index in [1.54, 1.807) is 10.8 Å². The van der Waals surface area contributed by atoms with Gasteiger partial charge in [0.1, 0.15) is 0 Å². The van der Waals surface area contributed by atoms with Crippen molar-refractivity contribution in [3.8, 4) is 0 Å². The van der Waals surface area contributed by atoms with E-state index in [0.29, 0.717) is 5.56 Å². The molecule has 5 heteroatoms. The smallest absolute Gasteiger partial charge is 0.304 e. The Labute approximate surface area is 176 Å². The topological polar surface area (TPSA) is 61.2 Å². The third kappa shape index (κ3) is 4.15. The number of carbonyl (C=O) groups is 2. The van der Waals surface area contributed by atoms with E-state index in [1.807, 2.05) is 92.9 Å². The number of hydrogen-bond donors (Lipinski definition) is 2. The first kappa shape index (κ1) is 19.6. The van der Waals surface area contributed by atoms with Crippen LogP contribution in [0.2, 0.25) is 0 Å². The number of aryl methyl sites for hydroxylation is 2. The van der Waals surface area contributed by atoms with E-state index in [9.17, 15) is 9.59 Å². The lowest BCUT2D eigenvalue weighted by Gasteiger charge is -2.15. The molecule has 0 radical (unpaired) electrons. The van der Waals surface area contributed by atoms with Gasteiger partial charge in [-0.2, -0.15) is 0 Å². The second-order valence-electron chi connectivity index (χ2n) is 7.60. The van der Waals surface area contributed by atoms with Crippen molar-refractivity contribution in [1.29, 1.82) is 0 Å². The summed E-state index contributed by atoms with van der Waals surface area (Å²) in [6.45, 7) is 3.97. The third-order valence-electron chi connectivity index (χ3n) is 5.21. The zero-order chi connectivity index (χ0) is 21.1. The number of hydrogen-bond acceptors (Lipinski definition) is 2. The van der Waals surface area contributed by atoms with Crippen LogP contribution in [0.1, 0.15) is 38.7 Å². The molecule has 0 bridgehead atoms. The van der Waals surface area contributed by atoms with Crippen molar-refractivity contribution in [2.45, 2.75) is 25.9 Å². The van der Waals surface area contributed by atoms with Gasteiger partial charge in [0, 0.05) is 16.7 Å². The Morgan fingerprint density at radius 3 is 2.37 bits per heavy atom. The zero-order valence-corrected chi connectivity index (χ0v) is 17.0. The molecule has 2 N–H and O–H groups in total. The van der Waals surface area contributed by atoms with Crippen LogP contribution in [-0.4, -0.2) is 28.8 Å². The molecule has 0 aliphatic carbocycles. The van der Waals surface area contributed by atoms with Crippen molar-refractivity contribution in [2.24, 2.45) is 0 Å². The van der Waals surface area contributed by atoms with E-state index in [4.69, 9.17) is 0 Å². The number of carbonyl (C=O) groups excluding carboxylic acids is 2. The van der Waals surface area contributed by atoms with E-state index in [2.05, 4.69) is 10.7 Å². The minimum absolute atomic E-state index is 0.242. The predicted molar refractivity (Wildman–Crippen MR) is 116 cm³/mol. The number of benzene rings is 3. The van der Waals surface area contributed by atoms with Crippen molar-refractivity contribution in [2.75, 3.05) is 0 Å². The van der Waals surface area contributed by atoms with Gasteiger partial charge in [0.15, 0.2) is 6.04 Å². The van der Waals surface area contributed by atoms with Gasteiger partial charge in [-0.25, -0.2) is 0 Å². The SMILES string of the molecule is Cc1ccc(/C=[N+]2\NC(=O)[C@@H](NC(=O)c3cccc(C)c3)[C@@H]2c2ccccc2)cc1. The van der Waals surface area contributed by atoms with Crippen molar-refractivity contribution in [3.63, 3.8) is 0 Å². The van der Waals surface area contributed by atoms with Gasteiger partial charge in [-0.3, -0.25) is 9.59 Å². The highest BCUT2D eigenvalue weighted by atomic mass is 16.2. The number of hydrazone groups is 1. The van der Waals surface area contributed by atoms with Gasteiger partial charge in [-0.15, -0.1) is 10.1 Å². The van der Waals surface area contributed by atoms with Crippen LogP contribution in [0.4, 0.5) is 0 Å². The number of hydrazine groups is 1. The fraction of sp³-hybridized carbons (Fsp3) is 0.160. The zero-order valence-electron chi connectivity index (χ0n) is 17.0. The van der Waals surface area contributed by atoms with Crippen LogP contribution >= 0.6 is 0 Å². The molecule has 2 amide bonds. The van der Waals surface area contributed by atoms with Crippen molar-refractivity contribution >= 4 is 18.0 Å². The maximum Gasteiger partial charge on any atom is 0.304 e. The molecule has 3 aromatic carbocycles. The third-order valence-corrected chi connectivity index (χ3v) is 5.21. The first-order chi connectivity index (χ1) is 14.5. The number of nitrogens with one attached hydrogen (secondary N) is 2. The molecule has 0 saturated carbocycles. The van der Waals surface area contributed by atoms with Crippen LogP contribution in [0.25, 0.3) is 0 Å². The minimum Gasteiger partial charge on any atom is -0.334 e. The molecule has 1 aliphatic rings. The van der Waals surface area contributed by atoms with Gasteiger partial charge < -0.3 is 5.32 Å². The maximum atomic E-state index is 12.9. The van der Waals surface area contributed by atoms with E-state index in [1.165, 1.54) is 5.56 Å². The average molecular weight is 398 g/mol. The average Bonchev–Trinajstić information content (AvgIpc) is 3.05. The molecule has 150 valence electrons. The standard InChI is InChI=1S/C25H23N3O2/c1-17-11-13-19(14-12-17)16-28-23(20-8-4-3-5-9-20)22(25(30)27-28)26-24(29)21-10-6-7-18(2)15-21/h3-16,22-23H,1-2H3,(H-,26,27,29,30)/p+1/b28-16-/t22-,23-/m0/s1. The molecule has 3 aromatic rings. The van der Waals surface area contributed by atoms with Gasteiger partial charge >= 0.3 is 5.91 Å². The van der Waals surface area contributed by atoms with Crippen LogP contribution in [0.5, 0.6) is 0 Å². The van der Waals surface area contributed by atoms with E-state index < -0.39 is 6.04 Å². The Morgan fingerprint density at radius 2 is 1.67 bits per heavy atom. The Hall–Kier alpha value is -3.73. The van der Waals surface area contributed by atoms with Crippen molar-refractivity contribution in [1.82, 2.24) is 10.7 Å². The van der Waals surface area contributed by atoms with Crippen LogP contribution < -0.4 is 10.7 Å². The molecule has 0 aromatic heterocycles. The Kier molecular flexibility index (Phi) is 5.44. The second kappa shape index (κ2) is 8.33. The first-order valence-electron chi connectivity index (χ1n) is 9.94. The van der Waals surface area contributed by atoms with Gasteiger partial charge in [0.25, 0.3) is 5.91 Å². The molecular formula is C25H24N3O2+. The van der Waals surface area contributed by atoms with Gasteiger partial charge in [0.2, 0.25) is 12.3 Å². The van der Waals surface area contributed by atoms with E-state index >= 15 is 0 Å². The lowest BCUT2D eigenvalue weighted by molar-refractivity contribution is -0.596. The molecule has 1 heterocycles. The predicted octanol–water partition coefficient (Wildman–Crippen LogP) is 3.32. The molecule has 4 rings (SSSR count). The monoisotopic (exact) mass is 398 g/mol. The highest BCUT2D eigenvalue weighted by molar-refractivity contribution is 5.98. The van der Waals surface area contributed by atoms with Crippen LogP contribution in [0.3, 0.4) is 0 Å². The fourth-order valence-electron chi connectivity index (χ4n) is 3.65. The lowest BCUT2D eigenvalue weighted by Crippen LogP contribution is -2.42. The van der Waals surface area contributed by atoms with E-state index in [-0.39, 0.29) is 17.9 Å². The lowest BCUT2D eigenvalue weighted by atomic mass is 9.99. The Morgan fingerprint density at radius 1 is 0.933 bits per heavy atom. The van der Waals surface area contributed by atoms with Gasteiger partial charge in [0.05, 0.1) is 0 Å². The Bertz CT molecular complexity index is 1100. The normalized spacial score (nSPS) is 19.5. The fourth-order valence-corrected chi connectivity index (χ4v) is 3.65. The minimum atomic E-state index is -0.720. The molecule has 0 spiro atoms. The summed E-state index contributed by atoms with van der Waals surface area (Å²) in [5.74, 6) is -0.509. The summed E-state index contributed by atoms with van der Waals surface area (Å²) in [7, 11) is 0. The summed E-state index contributed by atoms with van der Waals surface area (Å²) >= 11 is 0. The summed E-state index contributed by atoms with van der Waals surface area (Å²) in [6.07, 6.45) is 1.90. The van der Waals surface area contributed by atoms with Crippen molar-refractivity contribution < 1.29 is 14.3 Å². The van der Waals surface area contributed by atoms with Gasteiger partial charge in [-0.05, 0) is 38.1 Å². The molecule has 1 fully saturated rings. The van der Waals surface area contributed by atoms with Crippen molar-refractivity contribution in [3.05, 3.63) is 107 Å². The molecule has 1 aliphatic heterocycles. The van der Waals surface area contributed by atoms with Crippen LogP contribution in [-0.2, 0) is 4.79 Å². The van der Waals surface area contributed by atoms with Crippen LogP contribution in [0, 0.1) is 13.8 Å².